The summed E-state index contributed by atoms with van der Waals surface area (Å²) in [5.41, 5.74) is 13.3. The number of aliphatic hydroxyl groups is 1. The largest absolute Gasteiger partial charge is 0.423 e. The van der Waals surface area contributed by atoms with Gasteiger partial charge in [0.1, 0.15) is 5.75 Å². The predicted octanol–water partition coefficient (Wildman–Crippen LogP) is 3.26. The van der Waals surface area contributed by atoms with E-state index in [4.69, 9.17) is 37.4 Å². The molecule has 39 heavy (non-hydrogen) atoms. The molecule has 0 atom stereocenters. The van der Waals surface area contributed by atoms with Crippen LogP contribution in [0.4, 0.5) is 5.69 Å². The van der Waals surface area contributed by atoms with Crippen LogP contribution in [-0.2, 0) is 27.3 Å². The molecule has 0 aliphatic carbocycles. The second-order valence-electron chi connectivity index (χ2n) is 7.83. The van der Waals surface area contributed by atoms with Crippen LogP contribution in [0.2, 0.25) is 5.02 Å². The lowest BCUT2D eigenvalue weighted by molar-refractivity contribution is -0.191. The van der Waals surface area contributed by atoms with Crippen molar-refractivity contribution >= 4 is 53.7 Å². The first kappa shape index (κ1) is 32.8. The highest BCUT2D eigenvalue weighted by Crippen LogP contribution is 2.25. The van der Waals surface area contributed by atoms with Crippen molar-refractivity contribution in [1.82, 2.24) is 4.90 Å². The fraction of sp³-hybridized carbons (Fsp3) is 0.185. The minimum absolute atomic E-state index is 0. The van der Waals surface area contributed by atoms with Gasteiger partial charge in [-0.2, -0.15) is 9.59 Å². The van der Waals surface area contributed by atoms with Crippen LogP contribution in [0.3, 0.4) is 0 Å². The molecule has 3 aromatic rings. The third kappa shape index (κ3) is 11.4. The van der Waals surface area contributed by atoms with E-state index in [1.165, 1.54) is 0 Å². The molecule has 0 aliphatic rings. The van der Waals surface area contributed by atoms with E-state index in [0.717, 1.165) is 11.1 Å². The quantitative estimate of drug-likeness (QED) is 0.143. The van der Waals surface area contributed by atoms with Crippen LogP contribution in [0.5, 0.6) is 5.75 Å². The number of halogens is 2. The number of aliphatic hydroxyl groups excluding tert-OH is 1. The number of hydrogen-bond acceptors (Lipinski definition) is 7. The molecule has 0 aliphatic heterocycles. The van der Waals surface area contributed by atoms with Crippen LogP contribution < -0.4 is 16.2 Å². The van der Waals surface area contributed by atoms with Crippen molar-refractivity contribution in [3.05, 3.63) is 94.5 Å². The maximum absolute atomic E-state index is 12.8. The molecule has 10 nitrogen and oxygen atoms in total. The Kier molecular flexibility index (Phi) is 14.6. The summed E-state index contributed by atoms with van der Waals surface area (Å²) >= 11 is 6.39. The van der Waals surface area contributed by atoms with Crippen LogP contribution >= 0.6 is 24.0 Å². The van der Waals surface area contributed by atoms with E-state index >= 15 is 0 Å². The van der Waals surface area contributed by atoms with Gasteiger partial charge in [-0.3, -0.25) is 4.79 Å². The molecule has 1 amide bonds. The third-order valence-corrected chi connectivity index (χ3v) is 5.50. The van der Waals surface area contributed by atoms with Gasteiger partial charge in [0.2, 0.25) is 5.91 Å². The minimum atomic E-state index is -0.555. The van der Waals surface area contributed by atoms with Crippen molar-refractivity contribution in [2.75, 3.05) is 13.2 Å². The summed E-state index contributed by atoms with van der Waals surface area (Å²) in [6.07, 6.45) is 0.892. The number of esters is 1. The average Bonchev–Trinajstić information content (AvgIpc) is 2.89. The molecular weight excluding hydrogens is 547 g/mol. The molecule has 0 bridgehead atoms. The fourth-order valence-corrected chi connectivity index (χ4v) is 3.66. The maximum atomic E-state index is 12.8. The SMILES string of the molecule is Cl.NC(N)=Nc1ccc(C(=O)Oc2ccc(CCC(=O)N(CCO)Cc3ccccc3)c(Cl)c2)cc1.O=C=O. The van der Waals surface area contributed by atoms with Crippen molar-refractivity contribution in [2.45, 2.75) is 19.4 Å². The van der Waals surface area contributed by atoms with Crippen LogP contribution in [-0.4, -0.2) is 47.1 Å². The maximum Gasteiger partial charge on any atom is 0.373 e. The molecule has 0 aromatic heterocycles. The van der Waals surface area contributed by atoms with Gasteiger partial charge in [-0.15, -0.1) is 12.4 Å². The van der Waals surface area contributed by atoms with Crippen molar-refractivity contribution in [1.29, 1.82) is 0 Å². The van der Waals surface area contributed by atoms with Gasteiger partial charge in [0.05, 0.1) is 17.9 Å². The number of guanidine groups is 1. The summed E-state index contributed by atoms with van der Waals surface area (Å²) in [5, 5.41) is 9.75. The van der Waals surface area contributed by atoms with Crippen molar-refractivity contribution in [3.63, 3.8) is 0 Å². The molecule has 206 valence electrons. The van der Waals surface area contributed by atoms with E-state index in [0.29, 0.717) is 29.2 Å². The molecule has 5 N–H and O–H groups in total. The molecule has 0 unspecified atom stereocenters. The summed E-state index contributed by atoms with van der Waals surface area (Å²) in [6.45, 7) is 0.565. The van der Waals surface area contributed by atoms with Gasteiger partial charge in [-0.05, 0) is 53.9 Å². The Morgan fingerprint density at radius 2 is 1.64 bits per heavy atom. The number of rotatable bonds is 10. The zero-order valence-electron chi connectivity index (χ0n) is 20.8. The first-order valence-electron chi connectivity index (χ1n) is 11.4. The monoisotopic (exact) mass is 574 g/mol. The second kappa shape index (κ2) is 17.3. The van der Waals surface area contributed by atoms with Gasteiger partial charge in [0.25, 0.3) is 0 Å². The predicted molar refractivity (Wildman–Crippen MR) is 148 cm³/mol. The zero-order valence-corrected chi connectivity index (χ0v) is 22.4. The Bertz CT molecular complexity index is 1280. The third-order valence-electron chi connectivity index (χ3n) is 5.14. The number of benzene rings is 3. The number of nitrogens with zero attached hydrogens (tertiary/aromatic N) is 2. The number of amides is 1. The van der Waals surface area contributed by atoms with Crippen molar-refractivity contribution in [2.24, 2.45) is 16.5 Å². The van der Waals surface area contributed by atoms with E-state index in [1.54, 1.807) is 47.4 Å². The van der Waals surface area contributed by atoms with Crippen molar-refractivity contribution in [3.8, 4) is 5.75 Å². The molecule has 3 rings (SSSR count). The highest BCUT2D eigenvalue weighted by Gasteiger charge is 2.15. The summed E-state index contributed by atoms with van der Waals surface area (Å²) in [6, 6.07) is 20.8. The molecule has 0 radical (unpaired) electrons. The lowest BCUT2D eigenvalue weighted by Crippen LogP contribution is -2.33. The Balaban J connectivity index is 0.00000181. The number of aryl methyl sites for hydroxylation is 1. The first-order chi connectivity index (χ1) is 18.3. The number of aliphatic imine (C=N–C) groups is 1. The van der Waals surface area contributed by atoms with E-state index in [1.807, 2.05) is 30.3 Å². The van der Waals surface area contributed by atoms with Gasteiger partial charge in [0, 0.05) is 24.5 Å². The Labute approximate surface area is 236 Å². The summed E-state index contributed by atoms with van der Waals surface area (Å²) in [4.78, 5) is 47.0. The highest BCUT2D eigenvalue weighted by molar-refractivity contribution is 6.31. The van der Waals surface area contributed by atoms with E-state index < -0.39 is 5.97 Å². The zero-order chi connectivity index (χ0) is 27.9. The van der Waals surface area contributed by atoms with Crippen LogP contribution in [0.1, 0.15) is 27.9 Å². The minimum Gasteiger partial charge on any atom is -0.423 e. The Morgan fingerprint density at radius 3 is 2.21 bits per heavy atom. The molecule has 12 heteroatoms. The van der Waals surface area contributed by atoms with E-state index in [2.05, 4.69) is 4.99 Å². The van der Waals surface area contributed by atoms with Gasteiger partial charge >= 0.3 is 12.1 Å². The van der Waals surface area contributed by atoms with E-state index in [-0.39, 0.29) is 55.7 Å². The molecular formula is C27H28Cl2N4O6. The van der Waals surface area contributed by atoms with Gasteiger partial charge in [-0.25, -0.2) is 9.79 Å². The second-order valence-corrected chi connectivity index (χ2v) is 8.24. The topological polar surface area (TPSA) is 165 Å². The van der Waals surface area contributed by atoms with E-state index in [9.17, 15) is 14.7 Å². The fourth-order valence-electron chi connectivity index (χ4n) is 3.40. The van der Waals surface area contributed by atoms with Crippen molar-refractivity contribution < 1.29 is 29.0 Å². The summed E-state index contributed by atoms with van der Waals surface area (Å²) in [7, 11) is 0. The first-order valence-corrected chi connectivity index (χ1v) is 11.8. The Hall–Kier alpha value is -4.21. The van der Waals surface area contributed by atoms with Gasteiger partial charge in [-0.1, -0.05) is 48.0 Å². The summed E-state index contributed by atoms with van der Waals surface area (Å²) < 4.78 is 5.41. The number of nitrogens with two attached hydrogens (primary N) is 2. The Morgan fingerprint density at radius 1 is 1.00 bits per heavy atom. The standard InChI is InChI=1S/C26H27ClN4O4.CO2.ClH/c27-23-16-22(35-25(34)20-6-10-21(11-7-20)30-26(28)29)12-8-19(23)9-13-24(33)31(14-15-32)17-18-4-2-1-3-5-18;2-1-3;/h1-8,10-12,16,32H,9,13-15,17H2,(H4,28,29,30);;1H. The molecule has 0 saturated carbocycles. The van der Waals surface area contributed by atoms with Crippen LogP contribution in [0, 0.1) is 0 Å². The molecule has 0 saturated heterocycles. The normalized spacial score (nSPS) is 9.59. The van der Waals surface area contributed by atoms with Gasteiger partial charge in [0.15, 0.2) is 5.96 Å². The highest BCUT2D eigenvalue weighted by atomic mass is 35.5. The molecule has 0 fully saturated rings. The molecule has 0 spiro atoms. The number of ether oxygens (including phenoxy) is 1. The number of hydrogen-bond donors (Lipinski definition) is 3. The molecule has 3 aromatic carbocycles. The average molecular weight is 575 g/mol. The molecule has 0 heterocycles. The number of carbonyl (C=O) groups is 2. The number of carbonyl (C=O) groups excluding carboxylic acids is 4. The van der Waals surface area contributed by atoms with Crippen LogP contribution in [0.25, 0.3) is 0 Å². The lowest BCUT2D eigenvalue weighted by atomic mass is 10.1. The van der Waals surface area contributed by atoms with Gasteiger partial charge < -0.3 is 26.2 Å². The summed E-state index contributed by atoms with van der Waals surface area (Å²) in [5.74, 6) is -0.428. The lowest BCUT2D eigenvalue weighted by Gasteiger charge is -2.22. The smallest absolute Gasteiger partial charge is 0.373 e. The van der Waals surface area contributed by atoms with Crippen LogP contribution in [0.15, 0.2) is 77.8 Å².